The molecule has 2 fully saturated rings. The topological polar surface area (TPSA) is 105 Å². The van der Waals surface area contributed by atoms with Gasteiger partial charge >= 0.3 is 5.69 Å². The molecule has 0 atom stereocenters. The number of aromatic nitrogens is 2. The van der Waals surface area contributed by atoms with Gasteiger partial charge in [0.15, 0.2) is 0 Å². The molecule has 0 radical (unpaired) electrons. The van der Waals surface area contributed by atoms with Crippen LogP contribution < -0.4 is 10.6 Å². The highest BCUT2D eigenvalue weighted by Gasteiger charge is 2.22. The lowest BCUT2D eigenvalue weighted by Gasteiger charge is -2.26. The van der Waals surface area contributed by atoms with E-state index in [2.05, 4.69) is 37.6 Å². The fourth-order valence-electron chi connectivity index (χ4n) is 3.78. The molecule has 1 saturated carbocycles. The molecule has 9 nitrogen and oxygen atoms in total. The number of nitro groups is 1. The first-order chi connectivity index (χ1) is 14.2. The molecule has 2 aromatic rings. The second kappa shape index (κ2) is 9.15. The molecule has 2 aliphatic rings. The van der Waals surface area contributed by atoms with Crippen molar-refractivity contribution in [3.63, 3.8) is 0 Å². The third-order valence-corrected chi connectivity index (χ3v) is 5.38. The highest BCUT2D eigenvalue weighted by Crippen LogP contribution is 2.28. The molecule has 9 heteroatoms. The Hall–Kier alpha value is -2.78. The molecule has 2 heterocycles. The lowest BCUT2D eigenvalue weighted by atomic mass is 10.2. The van der Waals surface area contributed by atoms with Crippen LogP contribution in [0.5, 0.6) is 0 Å². The van der Waals surface area contributed by atoms with Gasteiger partial charge in [0, 0.05) is 31.4 Å². The highest BCUT2D eigenvalue weighted by atomic mass is 16.6. The fraction of sp³-hybridized carbons (Fsp3) is 0.500. The fourth-order valence-corrected chi connectivity index (χ4v) is 3.78. The monoisotopic (exact) mass is 398 g/mol. The van der Waals surface area contributed by atoms with Crippen molar-refractivity contribution in [2.45, 2.75) is 38.3 Å². The van der Waals surface area contributed by atoms with Gasteiger partial charge in [-0.05, 0) is 30.5 Å². The summed E-state index contributed by atoms with van der Waals surface area (Å²) in [4.78, 5) is 21.7. The number of morpholine rings is 1. The van der Waals surface area contributed by atoms with E-state index < -0.39 is 4.92 Å². The molecule has 1 saturated heterocycles. The average Bonchev–Trinajstić information content (AvgIpc) is 3.23. The average molecular weight is 398 g/mol. The lowest BCUT2D eigenvalue weighted by Crippen LogP contribution is -2.35. The predicted molar refractivity (Wildman–Crippen MR) is 110 cm³/mol. The highest BCUT2D eigenvalue weighted by molar-refractivity contribution is 5.61. The number of hydrogen-bond acceptors (Lipinski definition) is 8. The third-order valence-electron chi connectivity index (χ3n) is 5.38. The van der Waals surface area contributed by atoms with Crippen molar-refractivity contribution in [1.29, 1.82) is 0 Å². The van der Waals surface area contributed by atoms with Crippen LogP contribution in [-0.2, 0) is 11.3 Å². The van der Waals surface area contributed by atoms with Crippen molar-refractivity contribution < 1.29 is 9.66 Å². The molecule has 2 N–H and O–H groups in total. The van der Waals surface area contributed by atoms with E-state index >= 15 is 0 Å². The number of ether oxygens (including phenoxy) is 1. The number of rotatable bonds is 7. The Labute approximate surface area is 169 Å². The van der Waals surface area contributed by atoms with E-state index in [0.29, 0.717) is 5.95 Å². The summed E-state index contributed by atoms with van der Waals surface area (Å²) < 4.78 is 5.38. The number of benzene rings is 1. The maximum absolute atomic E-state index is 11.3. The molecular formula is C20H26N6O3. The van der Waals surface area contributed by atoms with Gasteiger partial charge in [-0.1, -0.05) is 25.0 Å². The largest absolute Gasteiger partial charge is 0.379 e. The molecule has 1 aromatic heterocycles. The zero-order chi connectivity index (χ0) is 20.1. The minimum atomic E-state index is -0.443. The Morgan fingerprint density at radius 2 is 1.90 bits per heavy atom. The van der Waals surface area contributed by atoms with E-state index in [-0.39, 0.29) is 17.5 Å². The summed E-state index contributed by atoms with van der Waals surface area (Å²) >= 11 is 0. The Kier molecular flexibility index (Phi) is 6.16. The van der Waals surface area contributed by atoms with Crippen LogP contribution in [0.25, 0.3) is 0 Å². The van der Waals surface area contributed by atoms with Crippen molar-refractivity contribution in [1.82, 2.24) is 14.9 Å². The third kappa shape index (κ3) is 5.18. The smallest absolute Gasteiger partial charge is 0.329 e. The Morgan fingerprint density at radius 3 is 2.59 bits per heavy atom. The Balaban J connectivity index is 1.43. The first kappa shape index (κ1) is 19.5. The summed E-state index contributed by atoms with van der Waals surface area (Å²) in [5.74, 6) is 0.625. The number of nitrogens with zero attached hydrogens (tertiary/aromatic N) is 4. The van der Waals surface area contributed by atoms with Crippen molar-refractivity contribution >= 4 is 23.1 Å². The number of anilines is 3. The first-order valence-corrected chi connectivity index (χ1v) is 10.1. The molecule has 0 bridgehead atoms. The quantitative estimate of drug-likeness (QED) is 0.540. The molecule has 0 spiro atoms. The summed E-state index contributed by atoms with van der Waals surface area (Å²) in [5, 5.41) is 17.7. The van der Waals surface area contributed by atoms with Gasteiger partial charge in [0.25, 0.3) is 0 Å². The molecule has 1 aliphatic heterocycles. The van der Waals surface area contributed by atoms with Crippen LogP contribution in [0.4, 0.5) is 23.1 Å². The molecule has 0 unspecified atom stereocenters. The van der Waals surface area contributed by atoms with E-state index in [1.165, 1.54) is 11.8 Å². The van der Waals surface area contributed by atoms with Crippen LogP contribution in [0.1, 0.15) is 31.2 Å². The SMILES string of the molecule is O=[N+]([O-])c1cnc(Nc2ccc(CN3CCOCC3)cc2)nc1NC1CCCC1. The summed E-state index contributed by atoms with van der Waals surface area (Å²) in [6.45, 7) is 4.37. The Morgan fingerprint density at radius 1 is 1.17 bits per heavy atom. The second-order valence-corrected chi connectivity index (χ2v) is 7.52. The van der Waals surface area contributed by atoms with Crippen LogP contribution >= 0.6 is 0 Å². The van der Waals surface area contributed by atoms with Crippen molar-refractivity contribution in [3.05, 3.63) is 46.1 Å². The van der Waals surface area contributed by atoms with Gasteiger partial charge in [0.1, 0.15) is 6.20 Å². The Bertz CT molecular complexity index is 833. The molecule has 1 aliphatic carbocycles. The lowest BCUT2D eigenvalue weighted by molar-refractivity contribution is -0.384. The number of hydrogen-bond donors (Lipinski definition) is 2. The van der Waals surface area contributed by atoms with Gasteiger partial charge in [-0.25, -0.2) is 4.98 Å². The molecule has 4 rings (SSSR count). The van der Waals surface area contributed by atoms with Crippen LogP contribution in [0.2, 0.25) is 0 Å². The van der Waals surface area contributed by atoms with E-state index in [1.807, 2.05) is 12.1 Å². The molecule has 154 valence electrons. The van der Waals surface area contributed by atoms with E-state index in [1.54, 1.807) is 0 Å². The summed E-state index contributed by atoms with van der Waals surface area (Å²) in [6.07, 6.45) is 5.55. The van der Waals surface area contributed by atoms with Gasteiger partial charge in [-0.3, -0.25) is 15.0 Å². The van der Waals surface area contributed by atoms with Crippen molar-refractivity contribution in [3.8, 4) is 0 Å². The summed E-state index contributed by atoms with van der Waals surface area (Å²) in [7, 11) is 0. The van der Waals surface area contributed by atoms with Gasteiger partial charge in [0.2, 0.25) is 11.8 Å². The normalized spacial score (nSPS) is 17.9. The van der Waals surface area contributed by atoms with Gasteiger partial charge < -0.3 is 15.4 Å². The van der Waals surface area contributed by atoms with E-state index in [0.717, 1.165) is 64.2 Å². The second-order valence-electron chi connectivity index (χ2n) is 7.52. The zero-order valence-electron chi connectivity index (χ0n) is 16.3. The maximum Gasteiger partial charge on any atom is 0.329 e. The van der Waals surface area contributed by atoms with E-state index in [9.17, 15) is 10.1 Å². The predicted octanol–water partition coefficient (Wildman–Crippen LogP) is 3.32. The van der Waals surface area contributed by atoms with Gasteiger partial charge in [-0.15, -0.1) is 0 Å². The maximum atomic E-state index is 11.3. The van der Waals surface area contributed by atoms with Crippen LogP contribution in [-0.4, -0.2) is 52.1 Å². The van der Waals surface area contributed by atoms with Gasteiger partial charge in [-0.2, -0.15) is 4.98 Å². The molecular weight excluding hydrogens is 372 g/mol. The van der Waals surface area contributed by atoms with Crippen LogP contribution in [0.3, 0.4) is 0 Å². The molecule has 0 amide bonds. The minimum Gasteiger partial charge on any atom is -0.379 e. The van der Waals surface area contributed by atoms with E-state index in [4.69, 9.17) is 4.74 Å². The van der Waals surface area contributed by atoms with Crippen molar-refractivity contribution in [2.24, 2.45) is 0 Å². The first-order valence-electron chi connectivity index (χ1n) is 10.1. The summed E-state index contributed by atoms with van der Waals surface area (Å²) in [6, 6.07) is 8.33. The summed E-state index contributed by atoms with van der Waals surface area (Å²) in [5.41, 5.74) is 1.98. The van der Waals surface area contributed by atoms with Gasteiger partial charge in [0.05, 0.1) is 18.1 Å². The van der Waals surface area contributed by atoms with Crippen molar-refractivity contribution in [2.75, 3.05) is 36.9 Å². The zero-order valence-corrected chi connectivity index (χ0v) is 16.3. The van der Waals surface area contributed by atoms with Crippen LogP contribution in [0.15, 0.2) is 30.5 Å². The standard InChI is InChI=1S/C20H26N6O3/c27-26(28)18-13-21-20(24-19(18)22-16-3-1-2-4-16)23-17-7-5-15(6-8-17)14-25-9-11-29-12-10-25/h5-8,13,16H,1-4,9-12,14H2,(H2,21,22,23,24). The molecule has 1 aromatic carbocycles. The van der Waals surface area contributed by atoms with Crippen LogP contribution in [0, 0.1) is 10.1 Å². The number of nitrogens with one attached hydrogen (secondary N) is 2. The molecule has 29 heavy (non-hydrogen) atoms. The minimum absolute atomic E-state index is 0.0942.